The van der Waals surface area contributed by atoms with Crippen molar-refractivity contribution in [2.24, 2.45) is 12.9 Å². The van der Waals surface area contributed by atoms with Gasteiger partial charge in [-0.3, -0.25) is 15.5 Å². The number of nitrogens with zero attached hydrogens (tertiary/aromatic N) is 3. The third-order valence-electron chi connectivity index (χ3n) is 2.27. The standard InChI is InChI=1S/C10H12ClN5/c1-16-6-7(4-14-16)10(15-12)9-3-2-8(11)5-13-9/h2-6,10,15H,12H2,1H3. The van der Waals surface area contributed by atoms with E-state index in [4.69, 9.17) is 17.4 Å². The number of pyridine rings is 1. The van der Waals surface area contributed by atoms with E-state index < -0.39 is 0 Å². The molecular formula is C10H12ClN5. The molecule has 0 aliphatic rings. The molecule has 0 fully saturated rings. The fourth-order valence-corrected chi connectivity index (χ4v) is 1.61. The Morgan fingerprint density at radius 1 is 1.44 bits per heavy atom. The van der Waals surface area contributed by atoms with Gasteiger partial charge >= 0.3 is 0 Å². The molecule has 0 aliphatic heterocycles. The normalized spacial score (nSPS) is 12.7. The zero-order chi connectivity index (χ0) is 11.5. The van der Waals surface area contributed by atoms with Crippen molar-refractivity contribution in [3.63, 3.8) is 0 Å². The summed E-state index contributed by atoms with van der Waals surface area (Å²) in [6.45, 7) is 0. The molecule has 0 saturated heterocycles. The average molecular weight is 238 g/mol. The topological polar surface area (TPSA) is 68.8 Å². The van der Waals surface area contributed by atoms with E-state index in [1.807, 2.05) is 19.3 Å². The summed E-state index contributed by atoms with van der Waals surface area (Å²) >= 11 is 5.78. The van der Waals surface area contributed by atoms with Gasteiger partial charge in [0.05, 0.1) is 23.0 Å². The summed E-state index contributed by atoms with van der Waals surface area (Å²) in [6.07, 6.45) is 5.24. The largest absolute Gasteiger partial charge is 0.275 e. The second-order valence-electron chi connectivity index (χ2n) is 3.45. The van der Waals surface area contributed by atoms with Crippen molar-refractivity contribution < 1.29 is 0 Å². The number of hydrazine groups is 1. The molecule has 16 heavy (non-hydrogen) atoms. The predicted octanol–water partition coefficient (Wildman–Crippen LogP) is 1.02. The van der Waals surface area contributed by atoms with Crippen LogP contribution in [0.2, 0.25) is 5.02 Å². The van der Waals surface area contributed by atoms with E-state index in [9.17, 15) is 0 Å². The summed E-state index contributed by atoms with van der Waals surface area (Å²) in [4.78, 5) is 4.22. The van der Waals surface area contributed by atoms with Crippen molar-refractivity contribution in [1.82, 2.24) is 20.2 Å². The lowest BCUT2D eigenvalue weighted by Crippen LogP contribution is -2.29. The van der Waals surface area contributed by atoms with Crippen LogP contribution in [0.1, 0.15) is 17.3 Å². The average Bonchev–Trinajstić information content (AvgIpc) is 2.69. The molecule has 0 radical (unpaired) electrons. The summed E-state index contributed by atoms with van der Waals surface area (Å²) in [6, 6.07) is 3.44. The number of nitrogens with two attached hydrogens (primary N) is 1. The Hall–Kier alpha value is -1.43. The van der Waals surface area contributed by atoms with Crippen molar-refractivity contribution in [1.29, 1.82) is 0 Å². The van der Waals surface area contributed by atoms with E-state index >= 15 is 0 Å². The Morgan fingerprint density at radius 3 is 2.75 bits per heavy atom. The van der Waals surface area contributed by atoms with Gasteiger partial charge in [-0.1, -0.05) is 11.6 Å². The lowest BCUT2D eigenvalue weighted by Gasteiger charge is -2.13. The molecule has 0 spiro atoms. The summed E-state index contributed by atoms with van der Waals surface area (Å²) in [5.41, 5.74) is 4.47. The Labute approximate surface area is 98.2 Å². The van der Waals surface area contributed by atoms with E-state index in [2.05, 4.69) is 15.5 Å². The number of rotatable bonds is 3. The molecule has 0 saturated carbocycles. The molecule has 6 heteroatoms. The first kappa shape index (κ1) is 11.1. The number of halogens is 1. The van der Waals surface area contributed by atoms with Gasteiger partial charge in [-0.2, -0.15) is 5.10 Å². The molecule has 2 heterocycles. The van der Waals surface area contributed by atoms with Gasteiger partial charge in [-0.15, -0.1) is 0 Å². The molecule has 0 bridgehead atoms. The highest BCUT2D eigenvalue weighted by molar-refractivity contribution is 6.30. The number of hydrogen-bond donors (Lipinski definition) is 2. The highest BCUT2D eigenvalue weighted by Gasteiger charge is 2.15. The number of nitrogens with one attached hydrogen (secondary N) is 1. The van der Waals surface area contributed by atoms with Crippen LogP contribution >= 0.6 is 11.6 Å². The molecule has 3 N–H and O–H groups in total. The second kappa shape index (κ2) is 4.61. The molecule has 0 aliphatic carbocycles. The molecule has 0 amide bonds. The second-order valence-corrected chi connectivity index (χ2v) is 3.88. The minimum atomic E-state index is -0.175. The maximum absolute atomic E-state index is 5.78. The molecule has 2 rings (SSSR count). The van der Waals surface area contributed by atoms with Gasteiger partial charge in [-0.05, 0) is 12.1 Å². The van der Waals surface area contributed by atoms with Gasteiger partial charge in [0.2, 0.25) is 0 Å². The van der Waals surface area contributed by atoms with E-state index in [0.29, 0.717) is 5.02 Å². The summed E-state index contributed by atoms with van der Waals surface area (Å²) in [5.74, 6) is 5.52. The van der Waals surface area contributed by atoms with Crippen LogP contribution in [0, 0.1) is 0 Å². The monoisotopic (exact) mass is 237 g/mol. The lowest BCUT2D eigenvalue weighted by atomic mass is 10.1. The van der Waals surface area contributed by atoms with E-state index in [1.54, 1.807) is 23.1 Å². The third-order valence-corrected chi connectivity index (χ3v) is 2.49. The zero-order valence-corrected chi connectivity index (χ0v) is 9.52. The molecule has 1 unspecified atom stereocenters. The van der Waals surface area contributed by atoms with E-state index in [1.165, 1.54) is 0 Å². The van der Waals surface area contributed by atoms with Crippen LogP contribution in [0.15, 0.2) is 30.7 Å². The van der Waals surface area contributed by atoms with Crippen LogP contribution in [0.3, 0.4) is 0 Å². The minimum Gasteiger partial charge on any atom is -0.275 e. The predicted molar refractivity (Wildman–Crippen MR) is 61.6 cm³/mol. The fourth-order valence-electron chi connectivity index (χ4n) is 1.50. The Balaban J connectivity index is 2.32. The quantitative estimate of drug-likeness (QED) is 0.618. The van der Waals surface area contributed by atoms with Crippen LogP contribution in [0.5, 0.6) is 0 Å². The van der Waals surface area contributed by atoms with Crippen LogP contribution in [0.25, 0.3) is 0 Å². The Kier molecular flexibility index (Phi) is 3.19. The molecule has 2 aromatic heterocycles. The molecule has 1 atom stereocenters. The van der Waals surface area contributed by atoms with Gasteiger partial charge in [-0.25, -0.2) is 5.43 Å². The third kappa shape index (κ3) is 2.21. The number of aromatic nitrogens is 3. The summed E-state index contributed by atoms with van der Waals surface area (Å²) in [5, 5.41) is 4.70. The van der Waals surface area contributed by atoms with Gasteiger partial charge < -0.3 is 0 Å². The zero-order valence-electron chi connectivity index (χ0n) is 8.76. The van der Waals surface area contributed by atoms with Gasteiger partial charge in [0, 0.05) is 25.0 Å². The molecule has 84 valence electrons. The van der Waals surface area contributed by atoms with Gasteiger partial charge in [0.15, 0.2) is 0 Å². The number of aryl methyl sites for hydroxylation is 1. The SMILES string of the molecule is Cn1cc(C(NN)c2ccc(Cl)cn2)cn1. The molecule has 5 nitrogen and oxygen atoms in total. The highest BCUT2D eigenvalue weighted by atomic mass is 35.5. The van der Waals surface area contributed by atoms with Crippen molar-refractivity contribution in [2.45, 2.75) is 6.04 Å². The van der Waals surface area contributed by atoms with Gasteiger partial charge in [0.1, 0.15) is 0 Å². The smallest absolute Gasteiger partial charge is 0.0911 e. The van der Waals surface area contributed by atoms with Crippen LogP contribution in [-0.4, -0.2) is 14.8 Å². The fraction of sp³-hybridized carbons (Fsp3) is 0.200. The first-order valence-corrected chi connectivity index (χ1v) is 5.14. The van der Waals surface area contributed by atoms with Crippen molar-refractivity contribution in [3.8, 4) is 0 Å². The van der Waals surface area contributed by atoms with Crippen LogP contribution < -0.4 is 11.3 Å². The first-order chi connectivity index (χ1) is 7.70. The molecule has 0 aromatic carbocycles. The Bertz CT molecular complexity index is 464. The minimum absolute atomic E-state index is 0.175. The van der Waals surface area contributed by atoms with Crippen LogP contribution in [-0.2, 0) is 7.05 Å². The molecular weight excluding hydrogens is 226 g/mol. The number of hydrogen-bond acceptors (Lipinski definition) is 4. The van der Waals surface area contributed by atoms with Crippen LogP contribution in [0.4, 0.5) is 0 Å². The Morgan fingerprint density at radius 2 is 2.25 bits per heavy atom. The van der Waals surface area contributed by atoms with Gasteiger partial charge in [0.25, 0.3) is 0 Å². The summed E-state index contributed by atoms with van der Waals surface area (Å²) in [7, 11) is 1.85. The van der Waals surface area contributed by atoms with Crippen molar-refractivity contribution in [3.05, 3.63) is 47.0 Å². The first-order valence-electron chi connectivity index (χ1n) is 4.77. The van der Waals surface area contributed by atoms with E-state index in [0.717, 1.165) is 11.3 Å². The van der Waals surface area contributed by atoms with Crippen molar-refractivity contribution in [2.75, 3.05) is 0 Å². The summed E-state index contributed by atoms with van der Waals surface area (Å²) < 4.78 is 1.72. The maximum Gasteiger partial charge on any atom is 0.0911 e. The van der Waals surface area contributed by atoms with E-state index in [-0.39, 0.29) is 6.04 Å². The maximum atomic E-state index is 5.78. The molecule has 2 aromatic rings. The lowest BCUT2D eigenvalue weighted by molar-refractivity contribution is 0.620. The highest BCUT2D eigenvalue weighted by Crippen LogP contribution is 2.19. The van der Waals surface area contributed by atoms with Crippen molar-refractivity contribution >= 4 is 11.6 Å².